The first-order valence-electron chi connectivity index (χ1n) is 6.58. The van der Waals surface area contributed by atoms with Crippen LogP contribution in [0.2, 0.25) is 0 Å². The van der Waals surface area contributed by atoms with Crippen LogP contribution in [0.15, 0.2) is 24.3 Å². The summed E-state index contributed by atoms with van der Waals surface area (Å²) < 4.78 is 0. The lowest BCUT2D eigenvalue weighted by Crippen LogP contribution is -2.28. The number of hydrogen-bond acceptors (Lipinski definition) is 2. The fraction of sp³-hybridized carbons (Fsp3) is 0.467. The van der Waals surface area contributed by atoms with Crippen molar-refractivity contribution in [3.8, 4) is 0 Å². The average Bonchev–Trinajstić information content (AvgIpc) is 2.39. The van der Waals surface area contributed by atoms with Crippen LogP contribution in [-0.2, 0) is 4.79 Å². The monoisotopic (exact) mass is 245 g/mol. The van der Waals surface area contributed by atoms with Gasteiger partial charge in [0.15, 0.2) is 0 Å². The predicted octanol–water partition coefficient (Wildman–Crippen LogP) is 3.01. The average molecular weight is 245 g/mol. The largest absolute Gasteiger partial charge is 0.293 e. The van der Waals surface area contributed by atoms with E-state index in [0.29, 0.717) is 11.5 Å². The number of carbonyl (C=O) groups excluding carboxylic acids is 2. The molecule has 0 spiro atoms. The van der Waals surface area contributed by atoms with Gasteiger partial charge in [-0.25, -0.2) is 0 Å². The third kappa shape index (κ3) is 3.19. The lowest BCUT2D eigenvalue weighted by Gasteiger charge is -2.22. The molecule has 2 amide bonds. The Bertz CT molecular complexity index is 448. The van der Waals surface area contributed by atoms with E-state index in [1.807, 2.05) is 12.1 Å². The van der Waals surface area contributed by atoms with Gasteiger partial charge in [0.2, 0.25) is 5.91 Å². The zero-order valence-corrected chi connectivity index (χ0v) is 10.7. The van der Waals surface area contributed by atoms with E-state index in [2.05, 4.69) is 11.4 Å². The van der Waals surface area contributed by atoms with Crippen molar-refractivity contribution in [1.29, 1.82) is 0 Å². The fourth-order valence-electron chi connectivity index (χ4n) is 2.60. The van der Waals surface area contributed by atoms with Crippen LogP contribution in [0.25, 0.3) is 0 Å². The number of rotatable bonds is 2. The Morgan fingerprint density at radius 2 is 1.89 bits per heavy atom. The molecule has 1 aromatic rings. The smallest absolute Gasteiger partial charge is 0.257 e. The van der Waals surface area contributed by atoms with Crippen LogP contribution < -0.4 is 5.32 Å². The summed E-state index contributed by atoms with van der Waals surface area (Å²) >= 11 is 0. The standard InChI is InChI=1S/C15H19NO2/c1-11(17)16-15(18)14-9-5-8-13(10-14)12-6-3-2-4-7-12/h5,8-10,12H,2-4,6-7H2,1H3,(H,16,17,18). The Morgan fingerprint density at radius 1 is 1.17 bits per heavy atom. The van der Waals surface area contributed by atoms with Gasteiger partial charge in [0.1, 0.15) is 0 Å². The molecular weight excluding hydrogens is 226 g/mol. The molecule has 18 heavy (non-hydrogen) atoms. The highest BCUT2D eigenvalue weighted by Crippen LogP contribution is 2.32. The van der Waals surface area contributed by atoms with E-state index in [1.54, 1.807) is 6.07 Å². The summed E-state index contributed by atoms with van der Waals surface area (Å²) in [5.74, 6) is -0.0490. The number of imide groups is 1. The number of carbonyl (C=O) groups is 2. The molecule has 1 N–H and O–H groups in total. The Hall–Kier alpha value is -1.64. The van der Waals surface area contributed by atoms with Gasteiger partial charge < -0.3 is 0 Å². The molecule has 0 aromatic heterocycles. The normalized spacial score (nSPS) is 16.3. The third-order valence-electron chi connectivity index (χ3n) is 3.51. The molecule has 0 atom stereocenters. The fourth-order valence-corrected chi connectivity index (χ4v) is 2.60. The minimum atomic E-state index is -0.317. The third-order valence-corrected chi connectivity index (χ3v) is 3.51. The molecule has 0 aliphatic heterocycles. The number of hydrogen-bond donors (Lipinski definition) is 1. The topological polar surface area (TPSA) is 46.2 Å². The molecule has 1 aliphatic carbocycles. The van der Waals surface area contributed by atoms with E-state index in [0.717, 1.165) is 0 Å². The summed E-state index contributed by atoms with van der Waals surface area (Å²) in [6.07, 6.45) is 6.28. The first-order valence-corrected chi connectivity index (χ1v) is 6.58. The predicted molar refractivity (Wildman–Crippen MR) is 70.4 cm³/mol. The minimum absolute atomic E-state index is 0.305. The van der Waals surface area contributed by atoms with Crippen molar-refractivity contribution >= 4 is 11.8 Å². The Kier molecular flexibility index (Phi) is 4.13. The summed E-state index contributed by atoms with van der Waals surface area (Å²) in [4.78, 5) is 22.6. The number of nitrogens with one attached hydrogen (secondary N) is 1. The van der Waals surface area contributed by atoms with Gasteiger partial charge >= 0.3 is 0 Å². The number of benzene rings is 1. The molecule has 0 radical (unpaired) electrons. The summed E-state index contributed by atoms with van der Waals surface area (Å²) in [6.45, 7) is 1.35. The molecule has 3 heteroatoms. The van der Waals surface area contributed by atoms with Crippen molar-refractivity contribution in [2.45, 2.75) is 44.9 Å². The SMILES string of the molecule is CC(=O)NC(=O)c1cccc(C2CCCCC2)c1. The molecule has 0 bridgehead atoms. The first-order chi connectivity index (χ1) is 8.66. The van der Waals surface area contributed by atoms with Gasteiger partial charge in [0.25, 0.3) is 5.91 Å². The van der Waals surface area contributed by atoms with Gasteiger partial charge in [-0.15, -0.1) is 0 Å². The zero-order valence-electron chi connectivity index (χ0n) is 10.7. The van der Waals surface area contributed by atoms with Crippen LogP contribution >= 0.6 is 0 Å². The molecule has 2 rings (SSSR count). The molecule has 1 saturated carbocycles. The van der Waals surface area contributed by atoms with Gasteiger partial charge in [-0.1, -0.05) is 31.4 Å². The van der Waals surface area contributed by atoms with E-state index in [4.69, 9.17) is 0 Å². The summed E-state index contributed by atoms with van der Waals surface area (Å²) in [5, 5.41) is 2.31. The molecule has 3 nitrogen and oxygen atoms in total. The van der Waals surface area contributed by atoms with Crippen molar-refractivity contribution < 1.29 is 9.59 Å². The second-order valence-corrected chi connectivity index (χ2v) is 4.97. The molecular formula is C15H19NO2. The second kappa shape index (κ2) is 5.80. The molecule has 0 saturated heterocycles. The Balaban J connectivity index is 2.13. The van der Waals surface area contributed by atoms with E-state index < -0.39 is 0 Å². The maximum Gasteiger partial charge on any atom is 0.257 e. The first kappa shape index (κ1) is 12.8. The highest BCUT2D eigenvalue weighted by molar-refractivity contribution is 6.04. The van der Waals surface area contributed by atoms with Crippen LogP contribution in [-0.4, -0.2) is 11.8 Å². The van der Waals surface area contributed by atoms with Crippen LogP contribution in [0, 0.1) is 0 Å². The van der Waals surface area contributed by atoms with Crippen molar-refractivity contribution in [2.24, 2.45) is 0 Å². The summed E-state index contributed by atoms with van der Waals surface area (Å²) in [7, 11) is 0. The van der Waals surface area contributed by atoms with Gasteiger partial charge in [-0.2, -0.15) is 0 Å². The lowest BCUT2D eigenvalue weighted by molar-refractivity contribution is -0.118. The van der Waals surface area contributed by atoms with Gasteiger partial charge in [-0.05, 0) is 36.5 Å². The van der Waals surface area contributed by atoms with E-state index >= 15 is 0 Å². The molecule has 0 heterocycles. The van der Waals surface area contributed by atoms with E-state index in [9.17, 15) is 9.59 Å². The molecule has 96 valence electrons. The van der Waals surface area contributed by atoms with Crippen molar-refractivity contribution in [1.82, 2.24) is 5.32 Å². The Morgan fingerprint density at radius 3 is 2.56 bits per heavy atom. The van der Waals surface area contributed by atoms with Crippen molar-refractivity contribution in [3.05, 3.63) is 35.4 Å². The molecule has 0 unspecified atom stereocenters. The van der Waals surface area contributed by atoms with Gasteiger partial charge in [0, 0.05) is 12.5 Å². The van der Waals surface area contributed by atoms with Gasteiger partial charge in [0.05, 0.1) is 0 Å². The molecule has 1 aliphatic rings. The molecule has 1 aromatic carbocycles. The summed E-state index contributed by atoms with van der Waals surface area (Å²) in [6, 6.07) is 7.67. The minimum Gasteiger partial charge on any atom is -0.293 e. The van der Waals surface area contributed by atoms with Crippen LogP contribution in [0.4, 0.5) is 0 Å². The lowest BCUT2D eigenvalue weighted by atomic mass is 9.83. The van der Waals surface area contributed by atoms with Gasteiger partial charge in [-0.3, -0.25) is 14.9 Å². The van der Waals surface area contributed by atoms with E-state index in [-0.39, 0.29) is 11.8 Å². The van der Waals surface area contributed by atoms with Crippen LogP contribution in [0.1, 0.15) is 60.9 Å². The maximum absolute atomic E-state index is 11.8. The molecule has 1 fully saturated rings. The highest BCUT2D eigenvalue weighted by atomic mass is 16.2. The Labute approximate surface area is 108 Å². The zero-order chi connectivity index (χ0) is 13.0. The van der Waals surface area contributed by atoms with Crippen LogP contribution in [0.3, 0.4) is 0 Å². The van der Waals surface area contributed by atoms with E-state index in [1.165, 1.54) is 44.6 Å². The quantitative estimate of drug-likeness (QED) is 0.870. The van der Waals surface area contributed by atoms with Crippen molar-refractivity contribution in [3.63, 3.8) is 0 Å². The van der Waals surface area contributed by atoms with Crippen molar-refractivity contribution in [2.75, 3.05) is 0 Å². The second-order valence-electron chi connectivity index (χ2n) is 4.97. The maximum atomic E-state index is 11.8. The summed E-state index contributed by atoms with van der Waals surface area (Å²) in [5.41, 5.74) is 1.80. The number of amides is 2. The highest BCUT2D eigenvalue weighted by Gasteiger charge is 2.16. The van der Waals surface area contributed by atoms with Crippen LogP contribution in [0.5, 0.6) is 0 Å².